The van der Waals surface area contributed by atoms with Crippen molar-refractivity contribution in [2.75, 3.05) is 0 Å². The molecule has 0 N–H and O–H groups in total. The number of rotatable bonds is 3. The zero-order valence-corrected chi connectivity index (χ0v) is 30.5. The average molecular weight is 757 g/mol. The Bertz CT molecular complexity index is 1680. The molecule has 0 spiro atoms. The van der Waals surface area contributed by atoms with Gasteiger partial charge in [-0.05, 0) is 17.3 Å². The predicted octanol–water partition coefficient (Wildman–Crippen LogP) is 4.46. The van der Waals surface area contributed by atoms with Crippen LogP contribution in [0.5, 0.6) is 0 Å². The molecule has 214 valence electrons. The molecule has 6 rings (SSSR count). The molecule has 0 aromatic heterocycles. The first-order valence-corrected chi connectivity index (χ1v) is 16.1. The van der Waals surface area contributed by atoms with Crippen LogP contribution in [0.1, 0.15) is 75.8 Å². The molecule has 3 heteroatoms. The average Bonchev–Trinajstić information content (AvgIpc) is 3.60. The molecule has 0 saturated heterocycles. The van der Waals surface area contributed by atoms with E-state index < -0.39 is 0 Å². The van der Waals surface area contributed by atoms with Crippen molar-refractivity contribution in [1.29, 1.82) is 0 Å². The predicted molar refractivity (Wildman–Crippen MR) is 172 cm³/mol. The molecule has 0 atom stereocenters. The number of hydrogen-bond donors (Lipinski definition) is 0. The van der Waals surface area contributed by atoms with Crippen molar-refractivity contribution in [3.63, 3.8) is 0 Å². The van der Waals surface area contributed by atoms with Gasteiger partial charge in [0, 0.05) is 0 Å². The number of hydrogen-bond acceptors (Lipinski definition) is 0. The molecule has 0 aliphatic heterocycles. The summed E-state index contributed by atoms with van der Waals surface area (Å²) in [7, 11) is 0. The first-order valence-electron chi connectivity index (χ1n) is 14.3. The standard InChI is InChI=1S/C26H29.C13H10.2ClH.Hf/c1-25(2,3)19-11-12-20-18(15-19)16-22-21(20)13-14-23(26(4,5)6)24(22)17-9-7-8-10-17;1-3-7-12(8-4-1)11-13-9-5-2-6-10-13;;;/h7-9,11-16H,10H2,1-6H3;1-10H;2*1H;/q-1;;;;+2/p-2. The molecule has 42 heavy (non-hydrogen) atoms. The van der Waals surface area contributed by atoms with Crippen LogP contribution in [0.15, 0.2) is 115 Å². The second-order valence-electron chi connectivity index (χ2n) is 12.8. The van der Waals surface area contributed by atoms with Crippen LogP contribution < -0.4 is 24.8 Å². The van der Waals surface area contributed by atoms with Gasteiger partial charge in [0.2, 0.25) is 0 Å². The Morgan fingerprint density at radius 1 is 0.690 bits per heavy atom. The van der Waals surface area contributed by atoms with Gasteiger partial charge >= 0.3 is 98.9 Å². The Balaban J connectivity index is 0.000000258. The summed E-state index contributed by atoms with van der Waals surface area (Å²) in [5.41, 5.74) is 8.77. The van der Waals surface area contributed by atoms with Crippen LogP contribution in [0.4, 0.5) is 0 Å². The van der Waals surface area contributed by atoms with Crippen molar-refractivity contribution in [3.05, 3.63) is 143 Å². The van der Waals surface area contributed by atoms with Gasteiger partial charge in [-0.1, -0.05) is 106 Å². The molecule has 5 aromatic rings. The Morgan fingerprint density at radius 2 is 1.26 bits per heavy atom. The summed E-state index contributed by atoms with van der Waals surface area (Å²) < 4.78 is 1.46. The molecule has 0 unspecified atom stereocenters. The fraction of sp³-hybridized carbons (Fsp3) is 0.231. The van der Waals surface area contributed by atoms with E-state index in [9.17, 15) is 0 Å². The third-order valence-electron chi connectivity index (χ3n) is 7.78. The van der Waals surface area contributed by atoms with E-state index in [1.807, 2.05) is 0 Å². The second-order valence-corrected chi connectivity index (χ2v) is 14.6. The Labute approximate surface area is 279 Å². The van der Waals surface area contributed by atoms with Gasteiger partial charge in [0.05, 0.1) is 0 Å². The van der Waals surface area contributed by atoms with Crippen LogP contribution in [0.2, 0.25) is 0 Å². The zero-order valence-electron chi connectivity index (χ0n) is 25.4. The number of allylic oxidation sites excluding steroid dienone is 4. The molecule has 5 aromatic carbocycles. The molecule has 0 nitrogen and oxygen atoms in total. The molecule has 0 bridgehead atoms. The summed E-state index contributed by atoms with van der Waals surface area (Å²) in [6.45, 7) is 13.8. The van der Waals surface area contributed by atoms with Crippen molar-refractivity contribution in [2.45, 2.75) is 58.8 Å². The van der Waals surface area contributed by atoms with Crippen LogP contribution in [-0.4, -0.2) is 3.26 Å². The maximum absolute atomic E-state index is 2.42. The summed E-state index contributed by atoms with van der Waals surface area (Å²) in [5, 5.41) is 5.54. The minimum absolute atomic E-state index is 0. The fourth-order valence-electron chi connectivity index (χ4n) is 5.53. The van der Waals surface area contributed by atoms with Gasteiger partial charge in [0.25, 0.3) is 0 Å². The van der Waals surface area contributed by atoms with Crippen LogP contribution in [0.3, 0.4) is 0 Å². The molecule has 0 amide bonds. The van der Waals surface area contributed by atoms with Crippen LogP contribution in [0, 0.1) is 0 Å². The van der Waals surface area contributed by atoms with Crippen molar-refractivity contribution in [3.8, 4) is 0 Å². The number of fused-ring (bicyclic) bond motifs is 3. The van der Waals surface area contributed by atoms with Gasteiger partial charge in [0.1, 0.15) is 0 Å². The molecule has 0 radical (unpaired) electrons. The monoisotopic (exact) mass is 757 g/mol. The van der Waals surface area contributed by atoms with Crippen molar-refractivity contribution in [1.82, 2.24) is 0 Å². The molecule has 0 saturated carbocycles. The molecular formula is C39H39Cl2Hf-. The Morgan fingerprint density at radius 3 is 1.76 bits per heavy atom. The van der Waals surface area contributed by atoms with Gasteiger partial charge < -0.3 is 24.8 Å². The summed E-state index contributed by atoms with van der Waals surface area (Å²) in [4.78, 5) is 0. The van der Waals surface area contributed by atoms with Gasteiger partial charge in [-0.25, -0.2) is 0 Å². The number of benzene rings is 4. The van der Waals surface area contributed by atoms with E-state index in [0.717, 1.165) is 30.3 Å². The van der Waals surface area contributed by atoms with E-state index in [1.54, 1.807) is 0 Å². The van der Waals surface area contributed by atoms with Gasteiger partial charge in [0.15, 0.2) is 0 Å². The molecule has 0 heterocycles. The van der Waals surface area contributed by atoms with E-state index in [1.165, 1.54) is 58.2 Å². The van der Waals surface area contributed by atoms with E-state index in [2.05, 4.69) is 157 Å². The fourth-order valence-corrected chi connectivity index (χ4v) is 6.73. The summed E-state index contributed by atoms with van der Waals surface area (Å²) in [6, 6.07) is 35.3. The van der Waals surface area contributed by atoms with Gasteiger partial charge in [-0.3, -0.25) is 0 Å². The number of halogens is 2. The van der Waals surface area contributed by atoms with Crippen molar-refractivity contribution < 1.29 is 48.7 Å². The third-order valence-corrected chi connectivity index (χ3v) is 9.85. The third kappa shape index (κ3) is 7.36. The van der Waals surface area contributed by atoms with Gasteiger partial charge in [-0.15, -0.1) is 33.7 Å². The summed E-state index contributed by atoms with van der Waals surface area (Å²) in [5.74, 6) is 0. The van der Waals surface area contributed by atoms with Crippen LogP contribution >= 0.6 is 0 Å². The molecule has 1 aliphatic rings. The van der Waals surface area contributed by atoms with E-state index in [-0.39, 0.29) is 35.6 Å². The minimum atomic E-state index is 0. The van der Waals surface area contributed by atoms with Crippen molar-refractivity contribution in [2.24, 2.45) is 0 Å². The topological polar surface area (TPSA) is 0 Å². The van der Waals surface area contributed by atoms with E-state index in [0.29, 0.717) is 0 Å². The maximum atomic E-state index is 2.42. The molecular weight excluding hydrogens is 718 g/mol. The quantitative estimate of drug-likeness (QED) is 0.189. The SMILES string of the molecule is CC(C)(C)c1ccc2c(c1)[cH-]c1c(C3=CC=CC3)c(C(C)(C)C)ccc12.[Cl-].[Cl-].[Hf+2]=[C](c1ccccc1)c1ccccc1. The van der Waals surface area contributed by atoms with Crippen molar-refractivity contribution >= 4 is 30.4 Å². The normalized spacial score (nSPS) is 12.7. The Hall–Kier alpha value is -2.45. The van der Waals surface area contributed by atoms with Gasteiger partial charge in [-0.2, -0.15) is 0 Å². The van der Waals surface area contributed by atoms with Crippen LogP contribution in [-0.2, 0) is 34.7 Å². The zero-order chi connectivity index (χ0) is 28.5. The first kappa shape index (κ1) is 34.0. The van der Waals surface area contributed by atoms with E-state index >= 15 is 0 Å². The summed E-state index contributed by atoms with van der Waals surface area (Å²) >= 11 is 1.08. The van der Waals surface area contributed by atoms with Crippen LogP contribution in [0.25, 0.3) is 27.1 Å². The second kappa shape index (κ2) is 13.9. The molecule has 0 fully saturated rings. The Kier molecular flexibility index (Phi) is 11.3. The molecule has 1 aliphatic carbocycles. The van der Waals surface area contributed by atoms with E-state index in [4.69, 9.17) is 0 Å². The summed E-state index contributed by atoms with van der Waals surface area (Å²) in [6.07, 6.45) is 7.79. The first-order chi connectivity index (χ1) is 19.0.